The second kappa shape index (κ2) is 7.17. The van der Waals surface area contributed by atoms with Crippen LogP contribution >= 0.6 is 0 Å². The number of amides is 1. The van der Waals surface area contributed by atoms with Crippen LogP contribution in [0.4, 0.5) is 5.82 Å². The Bertz CT molecular complexity index is 566. The highest BCUT2D eigenvalue weighted by Crippen LogP contribution is 2.19. The highest BCUT2D eigenvalue weighted by molar-refractivity contribution is 5.83. The fourth-order valence-corrected chi connectivity index (χ4v) is 1.82. The number of nitro groups is 1. The summed E-state index contributed by atoms with van der Waals surface area (Å²) in [4.78, 5) is 37.2. The summed E-state index contributed by atoms with van der Waals surface area (Å²) in [5, 5.41) is 13.5. The number of hydrogen-bond donors (Lipinski definition) is 1. The lowest BCUT2D eigenvalue weighted by Gasteiger charge is -2.14. The SMILES string of the molecule is C=CCn1cnc(C[C@H](NC(C)=O)C(=O)OC)c1[N+](=O)[O-]. The summed E-state index contributed by atoms with van der Waals surface area (Å²) in [6.07, 6.45) is 2.65. The van der Waals surface area contributed by atoms with Crippen molar-refractivity contribution in [3.8, 4) is 0 Å². The van der Waals surface area contributed by atoms with E-state index in [9.17, 15) is 19.7 Å². The third-order valence-electron chi connectivity index (χ3n) is 2.64. The zero-order chi connectivity index (χ0) is 16.0. The van der Waals surface area contributed by atoms with Crippen molar-refractivity contribution in [1.82, 2.24) is 14.9 Å². The molecule has 0 unspecified atom stereocenters. The van der Waals surface area contributed by atoms with Gasteiger partial charge in [0, 0.05) is 13.3 Å². The van der Waals surface area contributed by atoms with Crippen LogP contribution in [0.15, 0.2) is 19.0 Å². The smallest absolute Gasteiger partial charge is 0.346 e. The lowest BCUT2D eigenvalue weighted by Crippen LogP contribution is -2.42. The fraction of sp³-hybridized carbons (Fsp3) is 0.417. The Morgan fingerprint density at radius 3 is 2.81 bits per heavy atom. The summed E-state index contributed by atoms with van der Waals surface area (Å²) >= 11 is 0. The van der Waals surface area contributed by atoms with Crippen molar-refractivity contribution in [2.24, 2.45) is 0 Å². The summed E-state index contributed by atoms with van der Waals surface area (Å²) in [6, 6.07) is -1.03. The van der Waals surface area contributed by atoms with Gasteiger partial charge in [-0.3, -0.25) is 4.79 Å². The molecule has 21 heavy (non-hydrogen) atoms. The molecule has 1 rings (SSSR count). The van der Waals surface area contributed by atoms with Gasteiger partial charge in [-0.15, -0.1) is 0 Å². The lowest BCUT2D eigenvalue weighted by molar-refractivity contribution is -0.392. The van der Waals surface area contributed by atoms with Gasteiger partial charge in [0.25, 0.3) is 0 Å². The molecular weight excluding hydrogens is 280 g/mol. The van der Waals surface area contributed by atoms with Crippen molar-refractivity contribution in [3.05, 3.63) is 34.8 Å². The zero-order valence-corrected chi connectivity index (χ0v) is 11.7. The van der Waals surface area contributed by atoms with E-state index in [1.807, 2.05) is 0 Å². The van der Waals surface area contributed by atoms with E-state index in [4.69, 9.17) is 0 Å². The van der Waals surface area contributed by atoms with Crippen molar-refractivity contribution in [3.63, 3.8) is 0 Å². The molecule has 0 saturated heterocycles. The number of esters is 1. The molecule has 0 radical (unpaired) electrons. The maximum absolute atomic E-state index is 11.6. The molecule has 1 atom stereocenters. The third-order valence-corrected chi connectivity index (χ3v) is 2.64. The van der Waals surface area contributed by atoms with Gasteiger partial charge in [0.15, 0.2) is 6.33 Å². The normalized spacial score (nSPS) is 11.5. The van der Waals surface area contributed by atoms with E-state index >= 15 is 0 Å². The van der Waals surface area contributed by atoms with Crippen LogP contribution in [0.1, 0.15) is 12.6 Å². The van der Waals surface area contributed by atoms with Gasteiger partial charge in [0.05, 0.1) is 7.11 Å². The summed E-state index contributed by atoms with van der Waals surface area (Å²) in [6.45, 7) is 4.96. The quantitative estimate of drug-likeness (QED) is 0.332. The molecule has 1 aromatic rings. The first-order chi connectivity index (χ1) is 9.90. The van der Waals surface area contributed by atoms with E-state index in [1.165, 1.54) is 31.0 Å². The van der Waals surface area contributed by atoms with Crippen LogP contribution in [-0.4, -0.2) is 39.5 Å². The van der Waals surface area contributed by atoms with Crippen LogP contribution in [0.3, 0.4) is 0 Å². The molecule has 9 nitrogen and oxygen atoms in total. The van der Waals surface area contributed by atoms with Gasteiger partial charge in [0.2, 0.25) is 5.91 Å². The second-order valence-corrected chi connectivity index (χ2v) is 4.19. The molecule has 1 amide bonds. The van der Waals surface area contributed by atoms with Crippen LogP contribution < -0.4 is 5.32 Å². The number of nitrogens with one attached hydrogen (secondary N) is 1. The number of rotatable bonds is 7. The Kier molecular flexibility index (Phi) is 5.58. The monoisotopic (exact) mass is 296 g/mol. The van der Waals surface area contributed by atoms with Gasteiger partial charge in [-0.25, -0.2) is 14.3 Å². The van der Waals surface area contributed by atoms with Gasteiger partial charge >= 0.3 is 11.8 Å². The lowest BCUT2D eigenvalue weighted by atomic mass is 10.1. The summed E-state index contributed by atoms with van der Waals surface area (Å²) < 4.78 is 5.86. The third kappa shape index (κ3) is 4.13. The standard InChI is InChI=1S/C12H16N4O5/c1-4-5-15-7-13-9(11(15)16(19)20)6-10(12(18)21-3)14-8(2)17/h4,7,10H,1,5-6H2,2-3H3,(H,14,17)/t10-/m0/s1. The molecule has 0 saturated carbocycles. The highest BCUT2D eigenvalue weighted by atomic mass is 16.6. The Hall–Kier alpha value is -2.71. The zero-order valence-electron chi connectivity index (χ0n) is 11.7. The molecule has 0 bridgehead atoms. The first-order valence-electron chi connectivity index (χ1n) is 6.04. The number of allylic oxidation sites excluding steroid dienone is 1. The summed E-state index contributed by atoms with van der Waals surface area (Å²) in [5.41, 5.74) is 0.0889. The van der Waals surface area contributed by atoms with Crippen LogP contribution in [-0.2, 0) is 27.3 Å². The molecule has 9 heteroatoms. The largest absolute Gasteiger partial charge is 0.467 e. The van der Waals surface area contributed by atoms with Crippen molar-refractivity contribution in [2.45, 2.75) is 25.9 Å². The van der Waals surface area contributed by atoms with Gasteiger partial charge < -0.3 is 20.2 Å². The molecule has 1 aromatic heterocycles. The minimum atomic E-state index is -1.03. The molecule has 1 heterocycles. The van der Waals surface area contributed by atoms with Crippen molar-refractivity contribution >= 4 is 17.7 Å². The van der Waals surface area contributed by atoms with Crippen LogP contribution in [0.2, 0.25) is 0 Å². The average molecular weight is 296 g/mol. The van der Waals surface area contributed by atoms with Crippen LogP contribution in [0.25, 0.3) is 0 Å². The molecule has 1 N–H and O–H groups in total. The second-order valence-electron chi connectivity index (χ2n) is 4.19. The van der Waals surface area contributed by atoms with E-state index in [0.717, 1.165) is 0 Å². The maximum atomic E-state index is 11.6. The van der Waals surface area contributed by atoms with Gasteiger partial charge in [-0.2, -0.15) is 0 Å². The van der Waals surface area contributed by atoms with E-state index in [2.05, 4.69) is 21.6 Å². The summed E-state index contributed by atoms with van der Waals surface area (Å²) in [7, 11) is 1.17. The number of ether oxygens (including phenoxy) is 1. The van der Waals surface area contributed by atoms with Gasteiger partial charge in [-0.05, 0) is 4.92 Å². The predicted molar refractivity (Wildman–Crippen MR) is 72.4 cm³/mol. The van der Waals surface area contributed by atoms with E-state index in [1.54, 1.807) is 0 Å². The van der Waals surface area contributed by atoms with E-state index in [0.29, 0.717) is 0 Å². The summed E-state index contributed by atoms with van der Waals surface area (Å²) in [5.74, 6) is -1.38. The molecule has 114 valence electrons. The number of imidazole rings is 1. The Balaban J connectivity index is 3.08. The molecule has 0 aliphatic heterocycles. The van der Waals surface area contributed by atoms with Gasteiger partial charge in [-0.1, -0.05) is 12.7 Å². The van der Waals surface area contributed by atoms with Crippen LogP contribution in [0, 0.1) is 10.1 Å². The first kappa shape index (κ1) is 16.3. The maximum Gasteiger partial charge on any atom is 0.346 e. The highest BCUT2D eigenvalue weighted by Gasteiger charge is 2.28. The van der Waals surface area contributed by atoms with E-state index in [-0.39, 0.29) is 24.5 Å². The minimum absolute atomic E-state index is 0.0889. The molecule has 0 aromatic carbocycles. The number of carbonyl (C=O) groups is 2. The molecule has 0 spiro atoms. The van der Waals surface area contributed by atoms with Gasteiger partial charge in [0.1, 0.15) is 18.3 Å². The average Bonchev–Trinajstić information content (AvgIpc) is 2.80. The predicted octanol–water partition coefficient (Wildman–Crippen LogP) is 0.198. The van der Waals surface area contributed by atoms with E-state index < -0.39 is 22.8 Å². The Labute approximate surface area is 120 Å². The number of aromatic nitrogens is 2. The van der Waals surface area contributed by atoms with Crippen molar-refractivity contribution in [1.29, 1.82) is 0 Å². The molecule has 0 fully saturated rings. The molecular formula is C12H16N4O5. The number of hydrogen-bond acceptors (Lipinski definition) is 6. The van der Waals surface area contributed by atoms with Crippen molar-refractivity contribution < 1.29 is 19.2 Å². The number of carbonyl (C=O) groups excluding carboxylic acids is 2. The molecule has 0 aliphatic rings. The Morgan fingerprint density at radius 2 is 2.33 bits per heavy atom. The first-order valence-corrected chi connectivity index (χ1v) is 6.04. The topological polar surface area (TPSA) is 116 Å². The minimum Gasteiger partial charge on any atom is -0.467 e. The number of methoxy groups -OCH3 is 1. The fourth-order valence-electron chi connectivity index (χ4n) is 1.82. The van der Waals surface area contributed by atoms with Crippen LogP contribution in [0.5, 0.6) is 0 Å². The molecule has 0 aliphatic carbocycles. The van der Waals surface area contributed by atoms with Crippen molar-refractivity contribution in [2.75, 3.05) is 7.11 Å². The number of nitrogens with zero attached hydrogens (tertiary/aromatic N) is 3. The Morgan fingerprint density at radius 1 is 1.67 bits per heavy atom.